The van der Waals surface area contributed by atoms with E-state index in [0.717, 1.165) is 25.8 Å². The van der Waals surface area contributed by atoms with Gasteiger partial charge in [-0.25, -0.2) is 0 Å². The first-order chi connectivity index (χ1) is 10.0. The molecular formula is C15H19ClN2O3. The number of hydrogen-bond donors (Lipinski definition) is 1. The maximum Gasteiger partial charge on any atom is 0.308 e. The molecule has 1 N–H and O–H groups in total. The highest BCUT2D eigenvalue weighted by atomic mass is 35.5. The van der Waals surface area contributed by atoms with Crippen molar-refractivity contribution >= 4 is 23.5 Å². The first kappa shape index (κ1) is 14.4. The van der Waals surface area contributed by atoms with Crippen LogP contribution in [-0.4, -0.2) is 38.5 Å². The number of carboxylic acids is 1. The summed E-state index contributed by atoms with van der Waals surface area (Å²) in [6.07, 6.45) is 4.95. The van der Waals surface area contributed by atoms with Crippen LogP contribution in [0.15, 0.2) is 12.3 Å². The van der Waals surface area contributed by atoms with Crippen molar-refractivity contribution in [2.45, 2.75) is 51.2 Å². The van der Waals surface area contributed by atoms with Crippen molar-refractivity contribution in [3.63, 3.8) is 0 Å². The number of aryl methyl sites for hydroxylation is 1. The molecule has 1 aromatic heterocycles. The molecule has 6 heteroatoms. The van der Waals surface area contributed by atoms with E-state index in [4.69, 9.17) is 11.6 Å². The highest BCUT2D eigenvalue weighted by molar-refractivity contribution is 6.31. The van der Waals surface area contributed by atoms with Gasteiger partial charge in [-0.3, -0.25) is 9.59 Å². The van der Waals surface area contributed by atoms with Gasteiger partial charge >= 0.3 is 5.97 Å². The number of aromatic nitrogens is 1. The van der Waals surface area contributed by atoms with Gasteiger partial charge in [0, 0.05) is 24.8 Å². The molecule has 2 aliphatic rings. The molecular weight excluding hydrogens is 292 g/mol. The van der Waals surface area contributed by atoms with E-state index in [9.17, 15) is 14.7 Å². The fraction of sp³-hybridized carbons (Fsp3) is 0.600. The topological polar surface area (TPSA) is 62.5 Å². The number of carbonyl (C=O) groups excluding carboxylic acids is 1. The number of aliphatic carboxylic acids is 1. The Kier molecular flexibility index (Phi) is 3.69. The zero-order valence-corrected chi connectivity index (χ0v) is 12.7. The van der Waals surface area contributed by atoms with Crippen LogP contribution in [0.2, 0.25) is 5.02 Å². The van der Waals surface area contributed by atoms with E-state index in [1.54, 1.807) is 17.2 Å². The Morgan fingerprint density at radius 1 is 1.43 bits per heavy atom. The maximum absolute atomic E-state index is 12.8. The fourth-order valence-electron chi connectivity index (χ4n) is 3.78. The number of amides is 1. The zero-order chi connectivity index (χ0) is 15.1. The second kappa shape index (κ2) is 5.37. The number of carbonyl (C=O) groups is 2. The molecule has 0 spiro atoms. The molecule has 2 fully saturated rings. The molecule has 5 nitrogen and oxygen atoms in total. The summed E-state index contributed by atoms with van der Waals surface area (Å²) in [4.78, 5) is 25.9. The molecule has 2 saturated heterocycles. The van der Waals surface area contributed by atoms with Crippen LogP contribution in [0.4, 0.5) is 0 Å². The van der Waals surface area contributed by atoms with Crippen molar-refractivity contribution in [2.75, 3.05) is 0 Å². The van der Waals surface area contributed by atoms with Crippen molar-refractivity contribution in [3.05, 3.63) is 23.0 Å². The van der Waals surface area contributed by atoms with Crippen LogP contribution >= 0.6 is 11.6 Å². The summed E-state index contributed by atoms with van der Waals surface area (Å²) in [7, 11) is 0. The predicted octanol–water partition coefficient (Wildman–Crippen LogP) is 2.63. The lowest BCUT2D eigenvalue weighted by atomic mass is 9.89. The lowest BCUT2D eigenvalue weighted by Crippen LogP contribution is -2.38. The van der Waals surface area contributed by atoms with E-state index in [-0.39, 0.29) is 18.0 Å². The average Bonchev–Trinajstić information content (AvgIpc) is 3.10. The van der Waals surface area contributed by atoms with Gasteiger partial charge in [0.25, 0.3) is 5.91 Å². The van der Waals surface area contributed by atoms with E-state index in [1.807, 2.05) is 11.5 Å². The molecule has 114 valence electrons. The second-order valence-corrected chi connectivity index (χ2v) is 6.36. The Morgan fingerprint density at radius 2 is 2.19 bits per heavy atom. The van der Waals surface area contributed by atoms with Crippen molar-refractivity contribution in [1.29, 1.82) is 0 Å². The van der Waals surface area contributed by atoms with Gasteiger partial charge in [-0.05, 0) is 31.7 Å². The summed E-state index contributed by atoms with van der Waals surface area (Å²) >= 11 is 6.03. The summed E-state index contributed by atoms with van der Waals surface area (Å²) in [5.41, 5.74) is 0.574. The van der Waals surface area contributed by atoms with E-state index >= 15 is 0 Å². The standard InChI is InChI=1S/C15H19ClN2O3/c1-2-5-17-8-9(16)6-13(17)14(19)18-10-3-4-12(18)11(7-10)15(20)21/h6,8,10-12H,2-5,7H2,1H3,(H,20,21). The van der Waals surface area contributed by atoms with E-state index < -0.39 is 11.9 Å². The van der Waals surface area contributed by atoms with E-state index in [0.29, 0.717) is 17.1 Å². The number of rotatable bonds is 4. The lowest BCUT2D eigenvalue weighted by Gasteiger charge is -2.23. The first-order valence-corrected chi connectivity index (χ1v) is 7.81. The van der Waals surface area contributed by atoms with Gasteiger partial charge in [-0.2, -0.15) is 0 Å². The molecule has 2 aliphatic heterocycles. The van der Waals surface area contributed by atoms with Crippen LogP contribution in [-0.2, 0) is 11.3 Å². The molecule has 0 radical (unpaired) electrons. The number of fused-ring (bicyclic) bond motifs is 2. The normalized spacial score (nSPS) is 27.3. The number of hydrogen-bond acceptors (Lipinski definition) is 2. The molecule has 3 unspecified atom stereocenters. The minimum atomic E-state index is -0.790. The largest absolute Gasteiger partial charge is 0.481 e. The highest BCUT2D eigenvalue weighted by Gasteiger charge is 2.51. The van der Waals surface area contributed by atoms with Gasteiger partial charge in [0.1, 0.15) is 5.69 Å². The summed E-state index contributed by atoms with van der Waals surface area (Å²) in [6, 6.07) is 1.59. The Balaban J connectivity index is 1.88. The van der Waals surface area contributed by atoms with Gasteiger partial charge in [-0.15, -0.1) is 0 Å². The molecule has 0 aliphatic carbocycles. The van der Waals surface area contributed by atoms with Crippen LogP contribution in [0.3, 0.4) is 0 Å². The Morgan fingerprint density at radius 3 is 2.81 bits per heavy atom. The minimum Gasteiger partial charge on any atom is -0.481 e. The summed E-state index contributed by atoms with van der Waals surface area (Å²) in [5, 5.41) is 9.83. The lowest BCUT2D eigenvalue weighted by molar-refractivity contribution is -0.142. The molecule has 0 saturated carbocycles. The predicted molar refractivity (Wildman–Crippen MR) is 78.5 cm³/mol. The molecule has 1 aromatic rings. The van der Waals surface area contributed by atoms with Gasteiger partial charge in [-0.1, -0.05) is 18.5 Å². The Hall–Kier alpha value is -1.49. The van der Waals surface area contributed by atoms with Crippen molar-refractivity contribution in [1.82, 2.24) is 9.47 Å². The molecule has 2 bridgehead atoms. The molecule has 21 heavy (non-hydrogen) atoms. The molecule has 3 atom stereocenters. The molecule has 0 aromatic carbocycles. The smallest absolute Gasteiger partial charge is 0.308 e. The fourth-order valence-corrected chi connectivity index (χ4v) is 4.00. The maximum atomic E-state index is 12.8. The van der Waals surface area contributed by atoms with Gasteiger partial charge in [0.15, 0.2) is 0 Å². The van der Waals surface area contributed by atoms with E-state index in [2.05, 4.69) is 0 Å². The van der Waals surface area contributed by atoms with Crippen molar-refractivity contribution < 1.29 is 14.7 Å². The monoisotopic (exact) mass is 310 g/mol. The van der Waals surface area contributed by atoms with Crippen LogP contribution in [0, 0.1) is 5.92 Å². The Labute approximate surface area is 128 Å². The number of halogens is 1. The van der Waals surface area contributed by atoms with E-state index in [1.165, 1.54) is 0 Å². The third kappa shape index (κ3) is 2.33. The molecule has 3 rings (SSSR count). The van der Waals surface area contributed by atoms with Crippen LogP contribution in [0.1, 0.15) is 43.1 Å². The summed E-state index contributed by atoms with van der Waals surface area (Å²) in [6.45, 7) is 2.78. The van der Waals surface area contributed by atoms with Gasteiger partial charge in [0.2, 0.25) is 0 Å². The summed E-state index contributed by atoms with van der Waals surface area (Å²) in [5.74, 6) is -1.29. The van der Waals surface area contributed by atoms with Crippen molar-refractivity contribution in [2.24, 2.45) is 5.92 Å². The third-order valence-corrected chi connectivity index (χ3v) is 4.84. The molecule has 1 amide bonds. The van der Waals surface area contributed by atoms with Crippen LogP contribution < -0.4 is 0 Å². The van der Waals surface area contributed by atoms with Crippen molar-refractivity contribution in [3.8, 4) is 0 Å². The quantitative estimate of drug-likeness (QED) is 0.930. The molecule has 3 heterocycles. The second-order valence-electron chi connectivity index (χ2n) is 5.93. The van der Waals surface area contributed by atoms with Crippen LogP contribution in [0.5, 0.6) is 0 Å². The highest BCUT2D eigenvalue weighted by Crippen LogP contribution is 2.42. The minimum absolute atomic E-state index is 0.0624. The number of carboxylic acid groups (broad SMARTS) is 1. The number of nitrogens with zero attached hydrogens (tertiary/aromatic N) is 2. The van der Waals surface area contributed by atoms with Gasteiger partial charge < -0.3 is 14.6 Å². The summed E-state index contributed by atoms with van der Waals surface area (Å²) < 4.78 is 1.87. The van der Waals surface area contributed by atoms with Crippen LogP contribution in [0.25, 0.3) is 0 Å². The SMILES string of the molecule is CCCn1cc(Cl)cc1C(=O)N1C2CCC1C(C(=O)O)C2. The average molecular weight is 311 g/mol. The third-order valence-electron chi connectivity index (χ3n) is 4.64. The first-order valence-electron chi connectivity index (χ1n) is 7.44. The van der Waals surface area contributed by atoms with Gasteiger partial charge in [0.05, 0.1) is 10.9 Å². The zero-order valence-electron chi connectivity index (χ0n) is 12.0. The Bertz CT molecular complexity index is 583.